The van der Waals surface area contributed by atoms with Crippen molar-refractivity contribution in [3.8, 4) is 0 Å². The summed E-state index contributed by atoms with van der Waals surface area (Å²) in [4.78, 5) is 26.1. The van der Waals surface area contributed by atoms with Gasteiger partial charge in [0.15, 0.2) is 5.76 Å². The van der Waals surface area contributed by atoms with Crippen molar-refractivity contribution in [3.05, 3.63) is 71.0 Å². The standard InChI is InChI=1S/C20H19NO3/c1-12(2)14-8-10-16(11-9-14)21-19(23)17(18(22)20(21)24)15-6-4-13(3)5-7-15/h4-12,22H,1-3H3. The zero-order valence-electron chi connectivity index (χ0n) is 13.9. The molecule has 0 aromatic heterocycles. The van der Waals surface area contributed by atoms with Gasteiger partial charge in [0.1, 0.15) is 0 Å². The maximum absolute atomic E-state index is 12.7. The Morgan fingerprint density at radius 1 is 0.875 bits per heavy atom. The number of hydrogen-bond donors (Lipinski definition) is 1. The molecule has 122 valence electrons. The summed E-state index contributed by atoms with van der Waals surface area (Å²) in [6.45, 7) is 6.08. The van der Waals surface area contributed by atoms with Crippen LogP contribution < -0.4 is 4.90 Å². The number of aryl methyl sites for hydroxylation is 1. The number of rotatable bonds is 3. The van der Waals surface area contributed by atoms with Crippen LogP contribution in [0.25, 0.3) is 5.57 Å². The minimum atomic E-state index is -0.687. The number of nitrogens with zero attached hydrogens (tertiary/aromatic N) is 1. The Hall–Kier alpha value is -2.88. The summed E-state index contributed by atoms with van der Waals surface area (Å²) in [7, 11) is 0. The van der Waals surface area contributed by atoms with Gasteiger partial charge >= 0.3 is 5.91 Å². The van der Waals surface area contributed by atoms with Gasteiger partial charge in [-0.25, -0.2) is 4.90 Å². The fourth-order valence-corrected chi connectivity index (χ4v) is 2.74. The van der Waals surface area contributed by atoms with Crippen molar-refractivity contribution in [1.29, 1.82) is 0 Å². The Balaban J connectivity index is 1.97. The predicted molar refractivity (Wildman–Crippen MR) is 93.8 cm³/mol. The molecule has 0 bridgehead atoms. The van der Waals surface area contributed by atoms with E-state index in [1.807, 2.05) is 31.2 Å². The van der Waals surface area contributed by atoms with E-state index in [2.05, 4.69) is 13.8 Å². The van der Waals surface area contributed by atoms with Crippen LogP contribution in [0.5, 0.6) is 0 Å². The smallest absolute Gasteiger partial charge is 0.301 e. The van der Waals surface area contributed by atoms with E-state index >= 15 is 0 Å². The highest BCUT2D eigenvalue weighted by Crippen LogP contribution is 2.32. The van der Waals surface area contributed by atoms with Crippen LogP contribution in [0.3, 0.4) is 0 Å². The molecule has 0 fully saturated rings. The van der Waals surface area contributed by atoms with Gasteiger partial charge in [-0.05, 0) is 36.1 Å². The van der Waals surface area contributed by atoms with Crippen molar-refractivity contribution in [2.45, 2.75) is 26.7 Å². The van der Waals surface area contributed by atoms with Crippen molar-refractivity contribution in [2.24, 2.45) is 0 Å². The number of benzene rings is 2. The lowest BCUT2D eigenvalue weighted by atomic mass is 10.0. The van der Waals surface area contributed by atoms with Crippen LogP contribution in [0.4, 0.5) is 5.69 Å². The molecule has 3 rings (SSSR count). The molecule has 0 atom stereocenters. The zero-order chi connectivity index (χ0) is 17.4. The fraction of sp³-hybridized carbons (Fsp3) is 0.200. The van der Waals surface area contributed by atoms with Crippen molar-refractivity contribution in [3.63, 3.8) is 0 Å². The number of anilines is 1. The average molecular weight is 321 g/mol. The summed E-state index contributed by atoms with van der Waals surface area (Å²) < 4.78 is 0. The molecule has 1 aliphatic heterocycles. The highest BCUT2D eigenvalue weighted by molar-refractivity contribution is 6.44. The zero-order valence-corrected chi connectivity index (χ0v) is 13.9. The van der Waals surface area contributed by atoms with Gasteiger partial charge in [0, 0.05) is 0 Å². The fourth-order valence-electron chi connectivity index (χ4n) is 2.74. The second kappa shape index (κ2) is 5.96. The number of carbonyl (C=O) groups is 2. The molecule has 0 radical (unpaired) electrons. The van der Waals surface area contributed by atoms with Gasteiger partial charge in [-0.2, -0.15) is 0 Å². The largest absolute Gasteiger partial charge is 0.502 e. The van der Waals surface area contributed by atoms with Crippen molar-refractivity contribution in [1.82, 2.24) is 0 Å². The molecule has 4 nitrogen and oxygen atoms in total. The molecule has 2 aromatic rings. The molecule has 24 heavy (non-hydrogen) atoms. The molecule has 0 spiro atoms. The Labute approximate surface area is 141 Å². The van der Waals surface area contributed by atoms with Crippen molar-refractivity contribution >= 4 is 23.1 Å². The van der Waals surface area contributed by atoms with E-state index in [0.29, 0.717) is 17.2 Å². The Bertz CT molecular complexity index is 830. The van der Waals surface area contributed by atoms with Gasteiger partial charge < -0.3 is 5.11 Å². The first-order chi connectivity index (χ1) is 11.4. The first-order valence-electron chi connectivity index (χ1n) is 7.89. The molecule has 1 heterocycles. The van der Waals surface area contributed by atoms with Gasteiger partial charge in [-0.15, -0.1) is 0 Å². The summed E-state index contributed by atoms with van der Waals surface area (Å²) >= 11 is 0. The van der Waals surface area contributed by atoms with E-state index in [9.17, 15) is 14.7 Å². The number of carbonyl (C=O) groups excluding carboxylic acids is 2. The van der Waals surface area contributed by atoms with Crippen LogP contribution in [-0.4, -0.2) is 16.9 Å². The number of imide groups is 1. The molecule has 2 aromatic carbocycles. The van der Waals surface area contributed by atoms with Gasteiger partial charge in [0.05, 0.1) is 11.3 Å². The Morgan fingerprint density at radius 3 is 2.00 bits per heavy atom. The van der Waals surface area contributed by atoms with Gasteiger partial charge in [0.25, 0.3) is 5.91 Å². The first kappa shape index (κ1) is 16.0. The van der Waals surface area contributed by atoms with Gasteiger partial charge in [-0.3, -0.25) is 9.59 Å². The molecular formula is C20H19NO3. The summed E-state index contributed by atoms with van der Waals surface area (Å²) in [5.41, 5.74) is 3.21. The minimum absolute atomic E-state index is 0.0490. The third-order valence-electron chi connectivity index (χ3n) is 4.22. The second-order valence-corrected chi connectivity index (χ2v) is 6.28. The van der Waals surface area contributed by atoms with Crippen LogP contribution >= 0.6 is 0 Å². The quantitative estimate of drug-likeness (QED) is 0.871. The maximum Gasteiger partial charge on any atom is 0.301 e. The van der Waals surface area contributed by atoms with Gasteiger partial charge in [-0.1, -0.05) is 55.8 Å². The molecular weight excluding hydrogens is 302 g/mol. The van der Waals surface area contributed by atoms with E-state index in [1.54, 1.807) is 24.3 Å². The lowest BCUT2D eigenvalue weighted by molar-refractivity contribution is -0.121. The van der Waals surface area contributed by atoms with Crippen molar-refractivity contribution in [2.75, 3.05) is 4.90 Å². The number of hydrogen-bond acceptors (Lipinski definition) is 3. The lowest BCUT2D eigenvalue weighted by Crippen LogP contribution is -2.31. The Kier molecular flexibility index (Phi) is 3.97. The Morgan fingerprint density at radius 2 is 1.46 bits per heavy atom. The summed E-state index contributed by atoms with van der Waals surface area (Å²) in [6.07, 6.45) is 0. The molecule has 4 heteroatoms. The van der Waals surface area contributed by atoms with E-state index in [1.165, 1.54) is 0 Å². The SMILES string of the molecule is Cc1ccc(C2=C(O)C(=O)N(c3ccc(C(C)C)cc3)C2=O)cc1. The predicted octanol–water partition coefficient (Wildman–Crippen LogP) is 3.96. The van der Waals surface area contributed by atoms with Gasteiger partial charge in [0.2, 0.25) is 0 Å². The molecule has 2 amide bonds. The van der Waals surface area contributed by atoms with E-state index in [0.717, 1.165) is 16.0 Å². The van der Waals surface area contributed by atoms with Crippen LogP contribution in [0.1, 0.15) is 36.5 Å². The van der Waals surface area contributed by atoms with E-state index < -0.39 is 17.6 Å². The highest BCUT2D eigenvalue weighted by Gasteiger charge is 2.40. The normalized spacial score (nSPS) is 14.9. The highest BCUT2D eigenvalue weighted by atomic mass is 16.3. The topological polar surface area (TPSA) is 57.6 Å². The summed E-state index contributed by atoms with van der Waals surface area (Å²) in [5.74, 6) is -1.33. The molecule has 0 saturated carbocycles. The van der Waals surface area contributed by atoms with Crippen LogP contribution in [-0.2, 0) is 9.59 Å². The second-order valence-electron chi connectivity index (χ2n) is 6.28. The third kappa shape index (κ3) is 2.60. The first-order valence-corrected chi connectivity index (χ1v) is 7.89. The third-order valence-corrected chi connectivity index (χ3v) is 4.22. The minimum Gasteiger partial charge on any atom is -0.502 e. The number of aliphatic hydroxyl groups is 1. The summed E-state index contributed by atoms with van der Waals surface area (Å²) in [5, 5.41) is 10.2. The van der Waals surface area contributed by atoms with E-state index in [-0.39, 0.29) is 5.57 Å². The average Bonchev–Trinajstić information content (AvgIpc) is 2.78. The molecule has 1 N–H and O–H groups in total. The van der Waals surface area contributed by atoms with E-state index in [4.69, 9.17) is 0 Å². The molecule has 0 aliphatic carbocycles. The monoisotopic (exact) mass is 321 g/mol. The van der Waals surface area contributed by atoms with Crippen molar-refractivity contribution < 1.29 is 14.7 Å². The van der Waals surface area contributed by atoms with Crippen LogP contribution in [0.15, 0.2) is 54.3 Å². The number of aliphatic hydroxyl groups excluding tert-OH is 1. The molecule has 0 unspecified atom stereocenters. The van der Waals surface area contributed by atoms with Crippen LogP contribution in [0.2, 0.25) is 0 Å². The summed E-state index contributed by atoms with van der Waals surface area (Å²) in [6, 6.07) is 14.4. The van der Waals surface area contributed by atoms with Crippen LogP contribution in [0, 0.1) is 6.92 Å². The molecule has 1 aliphatic rings. The number of amides is 2. The maximum atomic E-state index is 12.7. The lowest BCUT2D eigenvalue weighted by Gasteiger charge is -2.15. The molecule has 0 saturated heterocycles.